The zero-order chi connectivity index (χ0) is 17.5. The van der Waals surface area contributed by atoms with E-state index in [0.717, 1.165) is 9.80 Å². The van der Waals surface area contributed by atoms with E-state index >= 15 is 0 Å². The van der Waals surface area contributed by atoms with Crippen LogP contribution in [0.2, 0.25) is 10.0 Å². The molecule has 2 aromatic rings. The Balaban J connectivity index is 2.33. The molecule has 2 aromatic carbocycles. The standard InChI is InChI=1S/C16H8Cl2N2O4/c1-19-13(21)5-3-8(18)12-10-6(14(22)20(2)16(12)24)4-7(17)11(9(5)10)15(19)23/h3-4H,1-2H3. The molecule has 2 aliphatic rings. The third-order valence-electron chi connectivity index (χ3n) is 4.42. The normalized spacial score (nSPS) is 16.5. The molecule has 0 aliphatic carbocycles. The number of carbonyl (C=O) groups is 4. The van der Waals surface area contributed by atoms with E-state index in [1.165, 1.54) is 26.2 Å². The van der Waals surface area contributed by atoms with E-state index < -0.39 is 23.6 Å². The largest absolute Gasteiger partial charge is 0.277 e. The van der Waals surface area contributed by atoms with Gasteiger partial charge in [-0.3, -0.25) is 29.0 Å². The molecule has 0 saturated heterocycles. The third kappa shape index (κ3) is 1.57. The van der Waals surface area contributed by atoms with E-state index in [1.807, 2.05) is 0 Å². The molecular weight excluding hydrogens is 355 g/mol. The highest BCUT2D eigenvalue weighted by molar-refractivity contribution is 6.44. The molecule has 0 fully saturated rings. The highest BCUT2D eigenvalue weighted by Gasteiger charge is 2.40. The number of amides is 4. The van der Waals surface area contributed by atoms with Crippen LogP contribution in [0.15, 0.2) is 12.1 Å². The molecule has 2 aliphatic heterocycles. The first kappa shape index (κ1) is 15.1. The first-order valence-electron chi connectivity index (χ1n) is 6.89. The number of rotatable bonds is 0. The highest BCUT2D eigenvalue weighted by Crippen LogP contribution is 2.43. The van der Waals surface area contributed by atoms with Gasteiger partial charge in [0.15, 0.2) is 0 Å². The quantitative estimate of drug-likeness (QED) is 0.675. The van der Waals surface area contributed by atoms with E-state index in [0.29, 0.717) is 0 Å². The zero-order valence-electron chi connectivity index (χ0n) is 12.4. The molecular formula is C16H8Cl2N2O4. The van der Waals surface area contributed by atoms with Crippen molar-refractivity contribution >= 4 is 57.6 Å². The van der Waals surface area contributed by atoms with Gasteiger partial charge < -0.3 is 0 Å². The van der Waals surface area contributed by atoms with E-state index in [-0.39, 0.29) is 43.1 Å². The summed E-state index contributed by atoms with van der Waals surface area (Å²) >= 11 is 12.4. The van der Waals surface area contributed by atoms with Crippen molar-refractivity contribution in [2.45, 2.75) is 0 Å². The molecule has 0 spiro atoms. The van der Waals surface area contributed by atoms with Crippen molar-refractivity contribution < 1.29 is 19.2 Å². The number of carbonyl (C=O) groups excluding carboxylic acids is 4. The zero-order valence-corrected chi connectivity index (χ0v) is 13.9. The lowest BCUT2D eigenvalue weighted by Gasteiger charge is -2.30. The molecule has 0 saturated carbocycles. The van der Waals surface area contributed by atoms with Crippen LogP contribution in [0.4, 0.5) is 0 Å². The number of hydrogen-bond acceptors (Lipinski definition) is 4. The van der Waals surface area contributed by atoms with E-state index in [2.05, 4.69) is 0 Å². The summed E-state index contributed by atoms with van der Waals surface area (Å²) < 4.78 is 0. The Kier molecular flexibility index (Phi) is 2.87. The first-order chi connectivity index (χ1) is 11.3. The van der Waals surface area contributed by atoms with Gasteiger partial charge in [0.2, 0.25) is 0 Å². The van der Waals surface area contributed by atoms with Crippen molar-refractivity contribution in [3.8, 4) is 0 Å². The smallest absolute Gasteiger partial charge is 0.262 e. The summed E-state index contributed by atoms with van der Waals surface area (Å²) in [5, 5.41) is 0.513. The van der Waals surface area contributed by atoms with E-state index in [4.69, 9.17) is 23.2 Å². The van der Waals surface area contributed by atoms with Crippen LogP contribution in [0.3, 0.4) is 0 Å². The van der Waals surface area contributed by atoms with Gasteiger partial charge in [-0.25, -0.2) is 0 Å². The summed E-state index contributed by atoms with van der Waals surface area (Å²) in [7, 11) is 2.67. The van der Waals surface area contributed by atoms with Crippen molar-refractivity contribution in [3.05, 3.63) is 44.4 Å². The van der Waals surface area contributed by atoms with E-state index in [1.54, 1.807) is 0 Å². The SMILES string of the molecule is CN1C(=O)c2cc(Cl)c3c4c(cc(Cl)c(c24)C1=O)C(=O)N(C)C3=O. The molecule has 4 amide bonds. The molecule has 0 N–H and O–H groups in total. The Morgan fingerprint density at radius 1 is 0.667 bits per heavy atom. The van der Waals surface area contributed by atoms with Crippen LogP contribution in [0.5, 0.6) is 0 Å². The van der Waals surface area contributed by atoms with Crippen LogP contribution in [-0.4, -0.2) is 47.5 Å². The van der Waals surface area contributed by atoms with Gasteiger partial charge in [-0.15, -0.1) is 0 Å². The van der Waals surface area contributed by atoms with Crippen LogP contribution in [0.25, 0.3) is 10.8 Å². The van der Waals surface area contributed by atoms with Crippen LogP contribution in [0.1, 0.15) is 41.4 Å². The number of hydrogen-bond donors (Lipinski definition) is 0. The lowest BCUT2D eigenvalue weighted by molar-refractivity contribution is 0.0629. The summed E-state index contributed by atoms with van der Waals surface area (Å²) in [4.78, 5) is 51.7. The predicted molar refractivity (Wildman–Crippen MR) is 86.8 cm³/mol. The Labute approximate surface area is 145 Å². The van der Waals surface area contributed by atoms with Crippen molar-refractivity contribution in [2.24, 2.45) is 0 Å². The molecule has 4 rings (SSSR count). The fourth-order valence-corrected chi connectivity index (χ4v) is 3.78. The molecule has 2 heterocycles. The third-order valence-corrected chi connectivity index (χ3v) is 5.01. The van der Waals surface area contributed by atoms with Gasteiger partial charge in [0.1, 0.15) is 0 Å². The Morgan fingerprint density at radius 3 is 1.33 bits per heavy atom. The van der Waals surface area contributed by atoms with Crippen molar-refractivity contribution in [1.29, 1.82) is 0 Å². The van der Waals surface area contributed by atoms with Crippen LogP contribution >= 0.6 is 23.2 Å². The number of imide groups is 2. The van der Waals surface area contributed by atoms with Crippen molar-refractivity contribution in [3.63, 3.8) is 0 Å². The molecule has 0 radical (unpaired) electrons. The second-order valence-electron chi connectivity index (χ2n) is 5.65. The van der Waals surface area contributed by atoms with Gasteiger partial charge in [-0.2, -0.15) is 0 Å². The monoisotopic (exact) mass is 362 g/mol. The molecule has 0 bridgehead atoms. The lowest BCUT2D eigenvalue weighted by atomic mass is 9.86. The summed E-state index contributed by atoms with van der Waals surface area (Å²) in [6.45, 7) is 0. The maximum Gasteiger partial charge on any atom is 0.262 e. The second kappa shape index (κ2) is 4.55. The second-order valence-corrected chi connectivity index (χ2v) is 6.46. The molecule has 24 heavy (non-hydrogen) atoms. The van der Waals surface area contributed by atoms with Crippen LogP contribution in [0, 0.1) is 0 Å². The first-order valence-corrected chi connectivity index (χ1v) is 7.64. The summed E-state index contributed by atoms with van der Waals surface area (Å²) in [5.41, 5.74) is 0.473. The fourth-order valence-electron chi connectivity index (χ4n) is 3.21. The van der Waals surface area contributed by atoms with Gasteiger partial charge in [0, 0.05) is 24.9 Å². The Morgan fingerprint density at radius 2 is 1.00 bits per heavy atom. The van der Waals surface area contributed by atoms with Gasteiger partial charge in [0.25, 0.3) is 23.6 Å². The average molecular weight is 363 g/mol. The summed E-state index contributed by atoms with van der Waals surface area (Å²) in [6.07, 6.45) is 0. The summed E-state index contributed by atoms with van der Waals surface area (Å²) in [6, 6.07) is 2.69. The minimum absolute atomic E-state index is 0.0486. The number of benzene rings is 2. The molecule has 8 heteroatoms. The van der Waals surface area contributed by atoms with E-state index in [9.17, 15) is 19.2 Å². The topological polar surface area (TPSA) is 74.8 Å². The Bertz CT molecular complexity index is 961. The number of nitrogens with zero attached hydrogens (tertiary/aromatic N) is 2. The highest BCUT2D eigenvalue weighted by atomic mass is 35.5. The fraction of sp³-hybridized carbons (Fsp3) is 0.125. The molecule has 6 nitrogen and oxygen atoms in total. The number of halogens is 2. The van der Waals surface area contributed by atoms with Gasteiger partial charge in [0.05, 0.1) is 32.3 Å². The molecule has 0 aromatic heterocycles. The molecule has 0 atom stereocenters. The maximum atomic E-state index is 12.5. The molecule has 120 valence electrons. The maximum absolute atomic E-state index is 12.5. The lowest BCUT2D eigenvalue weighted by Crippen LogP contribution is -2.40. The molecule has 0 unspecified atom stereocenters. The van der Waals surface area contributed by atoms with Crippen molar-refractivity contribution in [1.82, 2.24) is 9.80 Å². The Hall–Kier alpha value is -2.44. The summed E-state index contributed by atoms with van der Waals surface area (Å²) in [5.74, 6) is -2.30. The minimum atomic E-state index is -0.587. The minimum Gasteiger partial charge on any atom is -0.277 e. The predicted octanol–water partition coefficient (Wildman–Crippen LogP) is 2.60. The van der Waals surface area contributed by atoms with Gasteiger partial charge in [-0.05, 0) is 12.1 Å². The van der Waals surface area contributed by atoms with Crippen molar-refractivity contribution in [2.75, 3.05) is 14.1 Å². The average Bonchev–Trinajstić information content (AvgIpc) is 2.54. The van der Waals surface area contributed by atoms with Gasteiger partial charge in [-0.1, -0.05) is 23.2 Å². The van der Waals surface area contributed by atoms with Crippen LogP contribution in [-0.2, 0) is 0 Å². The van der Waals surface area contributed by atoms with Gasteiger partial charge >= 0.3 is 0 Å². The van der Waals surface area contributed by atoms with Crippen LogP contribution < -0.4 is 0 Å².